The standard InChI is InChI=1S/C26H31FN2O2/c1-18(2)20(4)28-26(30)25-13-12-24(31-25)17-29(15-21-10-8-19(3)9-11-21)16-22-6-5-7-23(27)14-22/h5-14,18,20H,15-17H2,1-4H3,(H,28,30). The fourth-order valence-corrected chi connectivity index (χ4v) is 3.26. The van der Waals surface area contributed by atoms with E-state index in [0.717, 1.165) is 11.1 Å². The van der Waals surface area contributed by atoms with Gasteiger partial charge in [-0.2, -0.15) is 0 Å². The zero-order chi connectivity index (χ0) is 22.4. The molecule has 0 spiro atoms. The number of rotatable bonds is 9. The number of nitrogens with one attached hydrogen (secondary N) is 1. The first-order valence-corrected chi connectivity index (χ1v) is 10.7. The Balaban J connectivity index is 1.74. The molecule has 1 unspecified atom stereocenters. The summed E-state index contributed by atoms with van der Waals surface area (Å²) in [5.41, 5.74) is 3.26. The van der Waals surface area contributed by atoms with Gasteiger partial charge in [-0.25, -0.2) is 4.39 Å². The second kappa shape index (κ2) is 10.4. The van der Waals surface area contributed by atoms with Gasteiger partial charge >= 0.3 is 0 Å². The van der Waals surface area contributed by atoms with E-state index in [0.29, 0.717) is 37.1 Å². The van der Waals surface area contributed by atoms with Crippen molar-refractivity contribution in [3.8, 4) is 0 Å². The number of amides is 1. The number of hydrogen-bond acceptors (Lipinski definition) is 3. The number of hydrogen-bond donors (Lipinski definition) is 1. The molecule has 1 atom stereocenters. The van der Waals surface area contributed by atoms with Gasteiger partial charge in [-0.05, 0) is 55.2 Å². The van der Waals surface area contributed by atoms with Crippen LogP contribution in [0.4, 0.5) is 4.39 Å². The predicted molar refractivity (Wildman–Crippen MR) is 121 cm³/mol. The lowest BCUT2D eigenvalue weighted by Gasteiger charge is -2.22. The maximum absolute atomic E-state index is 13.7. The van der Waals surface area contributed by atoms with Crippen molar-refractivity contribution in [3.05, 3.63) is 94.7 Å². The first-order valence-electron chi connectivity index (χ1n) is 10.7. The number of carbonyl (C=O) groups excluding carboxylic acids is 1. The van der Waals surface area contributed by atoms with Crippen LogP contribution in [0.1, 0.15) is 53.8 Å². The quantitative estimate of drug-likeness (QED) is 0.481. The molecule has 31 heavy (non-hydrogen) atoms. The summed E-state index contributed by atoms with van der Waals surface area (Å²) in [4.78, 5) is 14.6. The summed E-state index contributed by atoms with van der Waals surface area (Å²) < 4.78 is 19.5. The maximum atomic E-state index is 13.7. The monoisotopic (exact) mass is 422 g/mol. The molecule has 0 aliphatic heterocycles. The van der Waals surface area contributed by atoms with Crippen molar-refractivity contribution in [1.82, 2.24) is 10.2 Å². The Morgan fingerprint density at radius 2 is 1.68 bits per heavy atom. The zero-order valence-electron chi connectivity index (χ0n) is 18.7. The Kier molecular flexibility index (Phi) is 7.64. The van der Waals surface area contributed by atoms with E-state index in [1.807, 2.05) is 19.1 Å². The molecule has 0 radical (unpaired) electrons. The van der Waals surface area contributed by atoms with Gasteiger partial charge < -0.3 is 9.73 Å². The van der Waals surface area contributed by atoms with E-state index in [2.05, 4.69) is 55.3 Å². The normalized spacial score (nSPS) is 12.4. The Morgan fingerprint density at radius 1 is 0.968 bits per heavy atom. The van der Waals surface area contributed by atoms with E-state index in [9.17, 15) is 9.18 Å². The van der Waals surface area contributed by atoms with Crippen LogP contribution in [0.25, 0.3) is 0 Å². The summed E-state index contributed by atoms with van der Waals surface area (Å²) in [6, 6.07) is 18.6. The summed E-state index contributed by atoms with van der Waals surface area (Å²) in [5, 5.41) is 2.97. The van der Waals surface area contributed by atoms with Crippen LogP contribution in [0.15, 0.2) is 65.1 Å². The Labute approximate surface area is 184 Å². The van der Waals surface area contributed by atoms with Crippen LogP contribution in [0.2, 0.25) is 0 Å². The number of aryl methyl sites for hydroxylation is 1. The molecular weight excluding hydrogens is 391 g/mol. The van der Waals surface area contributed by atoms with Crippen LogP contribution in [0.3, 0.4) is 0 Å². The molecule has 1 N–H and O–H groups in total. The fourth-order valence-electron chi connectivity index (χ4n) is 3.26. The molecule has 0 bridgehead atoms. The highest BCUT2D eigenvalue weighted by Gasteiger charge is 2.17. The van der Waals surface area contributed by atoms with Gasteiger partial charge in [0.2, 0.25) is 0 Å². The zero-order valence-corrected chi connectivity index (χ0v) is 18.7. The largest absolute Gasteiger partial charge is 0.455 e. The van der Waals surface area contributed by atoms with Crippen molar-refractivity contribution in [3.63, 3.8) is 0 Å². The Hall–Kier alpha value is -2.92. The van der Waals surface area contributed by atoms with Crippen LogP contribution >= 0.6 is 0 Å². The molecule has 3 rings (SSSR count). The third-order valence-corrected chi connectivity index (χ3v) is 5.45. The number of furan rings is 1. The first kappa shape index (κ1) is 22.8. The predicted octanol–water partition coefficient (Wildman–Crippen LogP) is 5.70. The van der Waals surface area contributed by atoms with Crippen molar-refractivity contribution < 1.29 is 13.6 Å². The average molecular weight is 423 g/mol. The molecule has 0 aliphatic rings. The van der Waals surface area contributed by atoms with Gasteiger partial charge in [0, 0.05) is 19.1 Å². The molecule has 4 nitrogen and oxygen atoms in total. The van der Waals surface area contributed by atoms with Gasteiger partial charge in [-0.1, -0.05) is 55.8 Å². The third kappa shape index (κ3) is 6.79. The van der Waals surface area contributed by atoms with Crippen molar-refractivity contribution in [2.75, 3.05) is 0 Å². The lowest BCUT2D eigenvalue weighted by atomic mass is 10.1. The summed E-state index contributed by atoms with van der Waals surface area (Å²) in [6.45, 7) is 9.93. The molecular formula is C26H31FN2O2. The summed E-state index contributed by atoms with van der Waals surface area (Å²) >= 11 is 0. The number of halogens is 1. The molecule has 0 aliphatic carbocycles. The van der Waals surface area contributed by atoms with E-state index in [1.165, 1.54) is 11.6 Å². The van der Waals surface area contributed by atoms with Crippen LogP contribution in [0.5, 0.6) is 0 Å². The Morgan fingerprint density at radius 3 is 2.35 bits per heavy atom. The van der Waals surface area contributed by atoms with Gasteiger partial charge in [0.1, 0.15) is 11.6 Å². The summed E-state index contributed by atoms with van der Waals surface area (Å²) in [7, 11) is 0. The van der Waals surface area contributed by atoms with E-state index in [4.69, 9.17) is 4.42 Å². The third-order valence-electron chi connectivity index (χ3n) is 5.45. The minimum absolute atomic E-state index is 0.0621. The lowest BCUT2D eigenvalue weighted by Crippen LogP contribution is -2.35. The topological polar surface area (TPSA) is 45.5 Å². The van der Waals surface area contributed by atoms with Crippen molar-refractivity contribution in [1.29, 1.82) is 0 Å². The molecule has 3 aromatic rings. The summed E-state index contributed by atoms with van der Waals surface area (Å²) in [6.07, 6.45) is 0. The lowest BCUT2D eigenvalue weighted by molar-refractivity contribution is 0.0898. The molecule has 2 aromatic carbocycles. The highest BCUT2D eigenvalue weighted by atomic mass is 19.1. The smallest absolute Gasteiger partial charge is 0.287 e. The molecule has 1 heterocycles. The van der Waals surface area contributed by atoms with E-state index in [1.54, 1.807) is 18.2 Å². The minimum atomic E-state index is -0.246. The van der Waals surface area contributed by atoms with Gasteiger partial charge in [0.05, 0.1) is 6.54 Å². The SMILES string of the molecule is Cc1ccc(CN(Cc2cccc(F)c2)Cc2ccc(C(=O)NC(C)C(C)C)o2)cc1. The van der Waals surface area contributed by atoms with E-state index < -0.39 is 0 Å². The fraction of sp³-hybridized carbons (Fsp3) is 0.346. The first-order chi connectivity index (χ1) is 14.8. The molecule has 164 valence electrons. The second-order valence-corrected chi connectivity index (χ2v) is 8.53. The van der Waals surface area contributed by atoms with E-state index >= 15 is 0 Å². The molecule has 5 heteroatoms. The van der Waals surface area contributed by atoms with Crippen molar-refractivity contribution in [2.45, 2.75) is 53.4 Å². The van der Waals surface area contributed by atoms with Gasteiger partial charge in [-0.3, -0.25) is 9.69 Å². The number of carbonyl (C=O) groups is 1. The molecule has 1 amide bonds. The van der Waals surface area contributed by atoms with Gasteiger partial charge in [0.15, 0.2) is 5.76 Å². The molecule has 1 aromatic heterocycles. The highest BCUT2D eigenvalue weighted by Crippen LogP contribution is 2.18. The van der Waals surface area contributed by atoms with Crippen molar-refractivity contribution >= 4 is 5.91 Å². The van der Waals surface area contributed by atoms with Crippen LogP contribution < -0.4 is 5.32 Å². The molecule has 0 saturated carbocycles. The second-order valence-electron chi connectivity index (χ2n) is 8.53. The van der Waals surface area contributed by atoms with E-state index in [-0.39, 0.29) is 17.8 Å². The van der Waals surface area contributed by atoms with Gasteiger partial charge in [0.25, 0.3) is 5.91 Å². The number of benzene rings is 2. The molecule has 0 fully saturated rings. The van der Waals surface area contributed by atoms with Crippen molar-refractivity contribution in [2.24, 2.45) is 5.92 Å². The number of nitrogens with zero attached hydrogens (tertiary/aromatic N) is 1. The molecule has 0 saturated heterocycles. The van der Waals surface area contributed by atoms with Crippen LogP contribution in [-0.4, -0.2) is 16.8 Å². The minimum Gasteiger partial charge on any atom is -0.455 e. The van der Waals surface area contributed by atoms with Crippen LogP contribution in [0, 0.1) is 18.7 Å². The van der Waals surface area contributed by atoms with Crippen LogP contribution in [-0.2, 0) is 19.6 Å². The summed E-state index contributed by atoms with van der Waals surface area (Å²) in [5.74, 6) is 0.899. The average Bonchev–Trinajstić information content (AvgIpc) is 3.18. The maximum Gasteiger partial charge on any atom is 0.287 e. The van der Waals surface area contributed by atoms with Gasteiger partial charge in [-0.15, -0.1) is 0 Å². The Bertz CT molecular complexity index is 995. The highest BCUT2D eigenvalue weighted by molar-refractivity contribution is 5.91.